The average molecular weight is 446 g/mol. The van der Waals surface area contributed by atoms with Crippen LogP contribution >= 0.6 is 21.6 Å². The molecule has 0 radical (unpaired) electrons. The van der Waals surface area contributed by atoms with E-state index in [4.69, 9.17) is 14.2 Å². The Hall–Kier alpha value is -0.800. The van der Waals surface area contributed by atoms with Crippen molar-refractivity contribution in [1.29, 1.82) is 0 Å². The molecule has 0 saturated carbocycles. The van der Waals surface area contributed by atoms with Crippen molar-refractivity contribution in [2.45, 2.75) is 63.2 Å². The fourth-order valence-corrected chi connectivity index (χ4v) is 3.98. The molecular formula is C21H35NO5S2. The molecule has 6 nitrogen and oxygen atoms in total. The lowest BCUT2D eigenvalue weighted by Crippen LogP contribution is -2.32. The first kappa shape index (κ1) is 26.2. The molecule has 0 spiro atoms. The molecule has 1 aromatic heterocycles. The Morgan fingerprint density at radius 2 is 1.69 bits per heavy atom. The van der Waals surface area contributed by atoms with Crippen LogP contribution in [0.3, 0.4) is 0 Å². The fraction of sp³-hybridized carbons (Fsp3) is 0.714. The highest BCUT2D eigenvalue weighted by Gasteiger charge is 2.23. The van der Waals surface area contributed by atoms with Gasteiger partial charge in [0.2, 0.25) is 0 Å². The topological polar surface area (TPSA) is 66.9 Å². The summed E-state index contributed by atoms with van der Waals surface area (Å²) in [6.45, 7) is 10.5. The van der Waals surface area contributed by atoms with E-state index in [9.17, 15) is 4.79 Å². The first-order valence-electron chi connectivity index (χ1n) is 9.87. The zero-order valence-electron chi connectivity index (χ0n) is 18.3. The van der Waals surface area contributed by atoms with E-state index in [1.165, 1.54) is 7.11 Å². The summed E-state index contributed by atoms with van der Waals surface area (Å²) in [5.74, 6) is 0.659. The molecule has 0 bridgehead atoms. The normalized spacial score (nSPS) is 12.2. The van der Waals surface area contributed by atoms with Crippen LogP contribution in [0.25, 0.3) is 0 Å². The van der Waals surface area contributed by atoms with Crippen molar-refractivity contribution >= 4 is 27.6 Å². The maximum Gasteiger partial charge on any atom is 0.307 e. The molecule has 1 aromatic rings. The van der Waals surface area contributed by atoms with Crippen LogP contribution in [-0.2, 0) is 23.7 Å². The summed E-state index contributed by atoms with van der Waals surface area (Å²) >= 11 is 0. The molecule has 0 aliphatic carbocycles. The Labute approximate surface area is 183 Å². The van der Waals surface area contributed by atoms with Crippen molar-refractivity contribution in [3.8, 4) is 0 Å². The smallest absolute Gasteiger partial charge is 0.307 e. The Morgan fingerprint density at radius 3 is 2.34 bits per heavy atom. The Kier molecular flexibility index (Phi) is 12.9. The predicted octanol–water partition coefficient (Wildman–Crippen LogP) is 4.77. The summed E-state index contributed by atoms with van der Waals surface area (Å²) in [7, 11) is 4.80. The van der Waals surface area contributed by atoms with E-state index in [1.807, 2.05) is 32.0 Å². The van der Waals surface area contributed by atoms with Gasteiger partial charge in [0.05, 0.1) is 44.6 Å². The summed E-state index contributed by atoms with van der Waals surface area (Å²) in [4.78, 5) is 15.4. The molecular weight excluding hydrogens is 410 g/mol. The van der Waals surface area contributed by atoms with Crippen LogP contribution in [0, 0.1) is 0 Å². The van der Waals surface area contributed by atoms with Gasteiger partial charge in [-0.15, -0.1) is 0 Å². The highest BCUT2D eigenvalue weighted by molar-refractivity contribution is 8.76. The fourth-order valence-electron chi connectivity index (χ4n) is 2.24. The van der Waals surface area contributed by atoms with Crippen molar-refractivity contribution in [3.63, 3.8) is 0 Å². The largest absolute Gasteiger partial charge is 0.469 e. The number of pyridine rings is 1. The number of rotatable bonds is 16. The molecule has 1 heterocycles. The van der Waals surface area contributed by atoms with Crippen molar-refractivity contribution < 1.29 is 23.7 Å². The summed E-state index contributed by atoms with van der Waals surface area (Å²) < 4.78 is 22.2. The van der Waals surface area contributed by atoms with Crippen LogP contribution in [0.1, 0.15) is 47.0 Å². The van der Waals surface area contributed by atoms with Gasteiger partial charge in [0.15, 0.2) is 0 Å². The third-order valence-electron chi connectivity index (χ3n) is 4.17. The molecule has 166 valence electrons. The molecule has 0 fully saturated rings. The van der Waals surface area contributed by atoms with Gasteiger partial charge in [-0.25, -0.2) is 4.98 Å². The van der Waals surface area contributed by atoms with Crippen molar-refractivity contribution in [2.24, 2.45) is 0 Å². The van der Waals surface area contributed by atoms with Crippen molar-refractivity contribution in [1.82, 2.24) is 4.98 Å². The van der Waals surface area contributed by atoms with Crippen LogP contribution < -0.4 is 0 Å². The van der Waals surface area contributed by atoms with Gasteiger partial charge >= 0.3 is 5.97 Å². The lowest BCUT2D eigenvalue weighted by molar-refractivity contribution is -0.143. The van der Waals surface area contributed by atoms with Gasteiger partial charge in [-0.05, 0) is 63.5 Å². The molecule has 0 saturated heterocycles. The molecule has 29 heavy (non-hydrogen) atoms. The van der Waals surface area contributed by atoms with E-state index >= 15 is 0 Å². The van der Waals surface area contributed by atoms with Gasteiger partial charge in [-0.1, -0.05) is 16.9 Å². The molecule has 0 aromatic carbocycles. The quantitative estimate of drug-likeness (QED) is 0.205. The van der Waals surface area contributed by atoms with E-state index < -0.39 is 0 Å². The number of esters is 1. The van der Waals surface area contributed by atoms with Crippen molar-refractivity contribution in [3.05, 3.63) is 24.4 Å². The van der Waals surface area contributed by atoms with E-state index in [2.05, 4.69) is 23.6 Å². The number of nitrogens with zero attached hydrogens (tertiary/aromatic N) is 1. The first-order valence-corrected chi connectivity index (χ1v) is 12.2. The predicted molar refractivity (Wildman–Crippen MR) is 119 cm³/mol. The van der Waals surface area contributed by atoms with Gasteiger partial charge in [0, 0.05) is 18.6 Å². The van der Waals surface area contributed by atoms with Gasteiger partial charge in [-0.2, -0.15) is 0 Å². The van der Waals surface area contributed by atoms with E-state index in [-0.39, 0.29) is 23.6 Å². The lowest BCUT2D eigenvalue weighted by Gasteiger charge is -2.29. The van der Waals surface area contributed by atoms with Crippen LogP contribution in [0.4, 0.5) is 0 Å². The molecule has 0 unspecified atom stereocenters. The maximum absolute atomic E-state index is 11.1. The molecule has 0 amide bonds. The SMILES string of the molecule is COC(=O)CCOC(C)(C)CCOC(C)(C)CCOCCSSc1ccccn1. The van der Waals surface area contributed by atoms with Crippen molar-refractivity contribution in [2.75, 3.05) is 39.3 Å². The standard InChI is InChI=1S/C21H35NO5S2/c1-20(2,27-15-11-21(3,4)26-13-9-19(23)24-5)10-14-25-16-17-28-29-18-8-6-7-12-22-18/h6-8,12H,9-11,13-17H2,1-5H3. The number of carbonyl (C=O) groups excluding carboxylic acids is 1. The molecule has 0 aliphatic rings. The highest BCUT2D eigenvalue weighted by Crippen LogP contribution is 2.28. The third-order valence-corrected chi connectivity index (χ3v) is 6.39. The number of hydrogen-bond acceptors (Lipinski definition) is 8. The summed E-state index contributed by atoms with van der Waals surface area (Å²) in [6.07, 6.45) is 3.65. The monoisotopic (exact) mass is 445 g/mol. The summed E-state index contributed by atoms with van der Waals surface area (Å²) in [5.41, 5.74) is -0.596. The summed E-state index contributed by atoms with van der Waals surface area (Å²) in [5, 5.41) is 1.02. The van der Waals surface area contributed by atoms with Gasteiger partial charge in [-0.3, -0.25) is 4.79 Å². The number of aromatic nitrogens is 1. The Balaban J connectivity index is 2.06. The molecule has 8 heteroatoms. The molecule has 0 N–H and O–H groups in total. The zero-order valence-corrected chi connectivity index (χ0v) is 19.9. The second kappa shape index (κ2) is 14.2. The molecule has 0 aliphatic heterocycles. The minimum absolute atomic E-state index is 0.252. The second-order valence-corrected chi connectivity index (χ2v) is 10.2. The first-order chi connectivity index (χ1) is 13.7. The third kappa shape index (κ3) is 13.9. The summed E-state index contributed by atoms with van der Waals surface area (Å²) in [6, 6.07) is 5.91. The minimum atomic E-state index is -0.344. The van der Waals surface area contributed by atoms with Crippen LogP contribution in [0.2, 0.25) is 0 Å². The van der Waals surface area contributed by atoms with E-state index in [1.54, 1.807) is 27.8 Å². The van der Waals surface area contributed by atoms with Crippen LogP contribution in [-0.4, -0.2) is 61.4 Å². The number of hydrogen-bond donors (Lipinski definition) is 0. The zero-order chi connectivity index (χ0) is 21.6. The van der Waals surface area contributed by atoms with Gasteiger partial charge < -0.3 is 18.9 Å². The molecule has 1 rings (SSSR count). The highest BCUT2D eigenvalue weighted by atomic mass is 33.1. The maximum atomic E-state index is 11.1. The van der Waals surface area contributed by atoms with E-state index in [0.717, 1.165) is 23.6 Å². The van der Waals surface area contributed by atoms with E-state index in [0.29, 0.717) is 26.4 Å². The van der Waals surface area contributed by atoms with Crippen LogP contribution in [0.5, 0.6) is 0 Å². The Bertz CT molecular complexity index is 569. The lowest BCUT2D eigenvalue weighted by atomic mass is 10.0. The number of methoxy groups -OCH3 is 1. The number of carbonyl (C=O) groups is 1. The Morgan fingerprint density at radius 1 is 1.00 bits per heavy atom. The van der Waals surface area contributed by atoms with Gasteiger partial charge in [0.25, 0.3) is 0 Å². The van der Waals surface area contributed by atoms with Crippen LogP contribution in [0.15, 0.2) is 29.4 Å². The number of ether oxygens (including phenoxy) is 4. The second-order valence-electron chi connectivity index (χ2n) is 7.73. The van der Waals surface area contributed by atoms with Gasteiger partial charge in [0.1, 0.15) is 5.03 Å². The minimum Gasteiger partial charge on any atom is -0.469 e. The molecule has 0 atom stereocenters. The average Bonchev–Trinajstić information content (AvgIpc) is 2.67.